The predicted octanol–water partition coefficient (Wildman–Crippen LogP) is 2.97. The first-order valence-electron chi connectivity index (χ1n) is 7.42. The van der Waals surface area contributed by atoms with Crippen molar-refractivity contribution in [2.45, 2.75) is 6.92 Å². The summed E-state index contributed by atoms with van der Waals surface area (Å²) >= 11 is 1.29. The first-order valence-corrected chi connectivity index (χ1v) is 8.24. The zero-order valence-corrected chi connectivity index (χ0v) is 13.6. The molecule has 0 atom stereocenters. The van der Waals surface area contributed by atoms with E-state index in [9.17, 15) is 9.18 Å². The maximum Gasteiger partial charge on any atom is 0.348 e. The molecule has 22 heavy (non-hydrogen) atoms. The summed E-state index contributed by atoms with van der Waals surface area (Å²) in [5, 5.41) is 0.492. The maximum absolute atomic E-state index is 14.4. The molecule has 0 spiro atoms. The van der Waals surface area contributed by atoms with E-state index in [1.54, 1.807) is 19.1 Å². The van der Waals surface area contributed by atoms with Gasteiger partial charge in [0.05, 0.1) is 6.61 Å². The van der Waals surface area contributed by atoms with E-state index in [-0.39, 0.29) is 11.8 Å². The minimum atomic E-state index is -0.385. The Bertz CT molecular complexity index is 693. The Balaban J connectivity index is 1.92. The van der Waals surface area contributed by atoms with Crippen molar-refractivity contribution in [2.75, 3.05) is 44.7 Å². The normalized spacial score (nSPS) is 16.2. The summed E-state index contributed by atoms with van der Waals surface area (Å²) in [6, 6.07) is 5.12. The molecule has 6 heteroatoms. The second-order valence-corrected chi connectivity index (χ2v) is 6.54. The van der Waals surface area contributed by atoms with Crippen LogP contribution in [0.2, 0.25) is 0 Å². The van der Waals surface area contributed by atoms with E-state index >= 15 is 0 Å². The number of piperazine rings is 1. The molecule has 1 aromatic carbocycles. The number of hydrogen-bond acceptors (Lipinski definition) is 5. The molecule has 2 heterocycles. The number of carbonyl (C=O) groups excluding carboxylic acids is 1. The van der Waals surface area contributed by atoms with E-state index < -0.39 is 0 Å². The van der Waals surface area contributed by atoms with Crippen LogP contribution in [0.15, 0.2) is 18.2 Å². The highest BCUT2D eigenvalue weighted by atomic mass is 32.1. The largest absolute Gasteiger partial charge is 0.462 e. The average Bonchev–Trinajstić information content (AvgIpc) is 2.93. The molecule has 1 saturated heterocycles. The second-order valence-electron chi connectivity index (χ2n) is 5.46. The van der Waals surface area contributed by atoms with Crippen molar-refractivity contribution in [2.24, 2.45) is 0 Å². The van der Waals surface area contributed by atoms with Crippen molar-refractivity contribution in [3.8, 4) is 0 Å². The summed E-state index contributed by atoms with van der Waals surface area (Å²) in [6.45, 7) is 5.80. The molecule has 1 aliphatic rings. The summed E-state index contributed by atoms with van der Waals surface area (Å²) < 4.78 is 20.1. The Morgan fingerprint density at radius 1 is 1.27 bits per heavy atom. The van der Waals surface area contributed by atoms with E-state index in [4.69, 9.17) is 4.74 Å². The molecule has 0 amide bonds. The number of halogens is 1. The van der Waals surface area contributed by atoms with Crippen molar-refractivity contribution >= 4 is 33.1 Å². The van der Waals surface area contributed by atoms with Gasteiger partial charge in [-0.25, -0.2) is 9.18 Å². The van der Waals surface area contributed by atoms with Crippen molar-refractivity contribution in [1.82, 2.24) is 4.90 Å². The van der Waals surface area contributed by atoms with Crippen LogP contribution >= 0.6 is 11.3 Å². The highest BCUT2D eigenvalue weighted by Gasteiger charge is 2.18. The van der Waals surface area contributed by atoms with Crippen molar-refractivity contribution in [1.29, 1.82) is 0 Å². The first-order chi connectivity index (χ1) is 10.6. The molecule has 0 aliphatic carbocycles. The Labute approximate surface area is 133 Å². The van der Waals surface area contributed by atoms with Gasteiger partial charge in [0.25, 0.3) is 0 Å². The number of carbonyl (C=O) groups is 1. The Kier molecular flexibility index (Phi) is 4.31. The van der Waals surface area contributed by atoms with E-state index in [0.717, 1.165) is 36.6 Å². The molecule has 1 aromatic heterocycles. The second kappa shape index (κ2) is 6.22. The number of fused-ring (bicyclic) bond motifs is 1. The van der Waals surface area contributed by atoms with Crippen molar-refractivity contribution < 1.29 is 13.9 Å². The minimum Gasteiger partial charge on any atom is -0.462 e. The third-order valence-corrected chi connectivity index (χ3v) is 4.98. The van der Waals surface area contributed by atoms with Gasteiger partial charge in [-0.2, -0.15) is 0 Å². The zero-order valence-electron chi connectivity index (χ0n) is 12.8. The molecule has 4 nitrogen and oxygen atoms in total. The quantitative estimate of drug-likeness (QED) is 0.814. The van der Waals surface area contributed by atoms with Gasteiger partial charge in [-0.15, -0.1) is 11.3 Å². The molecule has 1 aliphatic heterocycles. The highest BCUT2D eigenvalue weighted by molar-refractivity contribution is 7.20. The average molecular weight is 322 g/mol. The fraction of sp³-hybridized carbons (Fsp3) is 0.438. The molecular weight excluding hydrogens is 303 g/mol. The third-order valence-electron chi connectivity index (χ3n) is 3.92. The van der Waals surface area contributed by atoms with Gasteiger partial charge in [0.15, 0.2) is 0 Å². The number of likely N-dealkylation sites (N-methyl/N-ethyl adjacent to an activating group) is 1. The van der Waals surface area contributed by atoms with Crippen LogP contribution in [0.1, 0.15) is 16.6 Å². The number of nitrogens with zero attached hydrogens (tertiary/aromatic N) is 2. The van der Waals surface area contributed by atoms with Gasteiger partial charge in [-0.05, 0) is 32.2 Å². The van der Waals surface area contributed by atoms with Gasteiger partial charge < -0.3 is 14.5 Å². The van der Waals surface area contributed by atoms with Gasteiger partial charge in [0.1, 0.15) is 10.7 Å². The van der Waals surface area contributed by atoms with Crippen LogP contribution in [0.4, 0.5) is 10.1 Å². The van der Waals surface area contributed by atoms with Crippen molar-refractivity contribution in [3.05, 3.63) is 28.9 Å². The number of anilines is 1. The smallest absolute Gasteiger partial charge is 0.348 e. The van der Waals surface area contributed by atoms with E-state index in [1.807, 2.05) is 6.07 Å². The van der Waals surface area contributed by atoms with Crippen LogP contribution in [-0.2, 0) is 4.74 Å². The van der Waals surface area contributed by atoms with Crippen LogP contribution in [0.25, 0.3) is 10.1 Å². The van der Waals surface area contributed by atoms with E-state index in [0.29, 0.717) is 16.9 Å². The number of thiophene rings is 1. The SMILES string of the molecule is CCOC(=O)c1cc2c(F)cc(N3CCN(C)CC3)cc2s1. The van der Waals surface area contributed by atoms with Gasteiger partial charge in [0, 0.05) is 42.0 Å². The molecule has 0 unspecified atom stereocenters. The summed E-state index contributed by atoms with van der Waals surface area (Å²) in [4.78, 5) is 16.7. The summed E-state index contributed by atoms with van der Waals surface area (Å²) in [7, 11) is 2.09. The van der Waals surface area contributed by atoms with Crippen LogP contribution < -0.4 is 4.90 Å². The molecular formula is C16H19FN2O2S. The number of hydrogen-bond donors (Lipinski definition) is 0. The first kappa shape index (κ1) is 15.2. The standard InChI is InChI=1S/C16H19FN2O2S/c1-3-21-16(20)15-10-12-13(17)8-11(9-14(12)22-15)19-6-4-18(2)5-7-19/h8-10H,3-7H2,1-2H3. The molecule has 0 saturated carbocycles. The van der Waals surface area contributed by atoms with Gasteiger partial charge in [-0.1, -0.05) is 0 Å². The lowest BCUT2D eigenvalue weighted by Gasteiger charge is -2.34. The summed E-state index contributed by atoms with van der Waals surface area (Å²) in [6.07, 6.45) is 0. The number of esters is 1. The number of rotatable bonds is 3. The Morgan fingerprint density at radius 2 is 2.00 bits per heavy atom. The molecule has 2 aromatic rings. The molecule has 0 N–H and O–H groups in total. The van der Waals surface area contributed by atoms with E-state index in [2.05, 4.69) is 16.8 Å². The molecule has 1 fully saturated rings. The van der Waals surface area contributed by atoms with Gasteiger partial charge in [0.2, 0.25) is 0 Å². The summed E-state index contributed by atoms with van der Waals surface area (Å²) in [5.41, 5.74) is 0.885. The van der Waals surface area contributed by atoms with Crippen LogP contribution in [0.5, 0.6) is 0 Å². The molecule has 118 valence electrons. The third kappa shape index (κ3) is 2.94. The number of ether oxygens (including phenoxy) is 1. The van der Waals surface area contributed by atoms with Crippen LogP contribution in [0.3, 0.4) is 0 Å². The van der Waals surface area contributed by atoms with Crippen LogP contribution in [-0.4, -0.2) is 50.7 Å². The Morgan fingerprint density at radius 3 is 2.68 bits per heavy atom. The number of benzene rings is 1. The minimum absolute atomic E-state index is 0.279. The summed E-state index contributed by atoms with van der Waals surface area (Å²) in [5.74, 6) is -0.664. The lowest BCUT2D eigenvalue weighted by molar-refractivity contribution is 0.0532. The lowest BCUT2D eigenvalue weighted by atomic mass is 10.2. The predicted molar refractivity (Wildman–Crippen MR) is 87.4 cm³/mol. The fourth-order valence-corrected chi connectivity index (χ4v) is 3.63. The van der Waals surface area contributed by atoms with Gasteiger partial charge >= 0.3 is 5.97 Å². The zero-order chi connectivity index (χ0) is 15.7. The fourth-order valence-electron chi connectivity index (χ4n) is 2.63. The highest BCUT2D eigenvalue weighted by Crippen LogP contribution is 2.32. The van der Waals surface area contributed by atoms with Crippen molar-refractivity contribution in [3.63, 3.8) is 0 Å². The molecule has 3 rings (SSSR count). The van der Waals surface area contributed by atoms with Crippen LogP contribution in [0, 0.1) is 5.82 Å². The molecule has 0 bridgehead atoms. The maximum atomic E-state index is 14.4. The molecule has 0 radical (unpaired) electrons. The Hall–Kier alpha value is -1.66. The lowest BCUT2D eigenvalue weighted by Crippen LogP contribution is -2.44. The topological polar surface area (TPSA) is 32.8 Å². The van der Waals surface area contributed by atoms with Gasteiger partial charge in [-0.3, -0.25) is 0 Å². The van der Waals surface area contributed by atoms with E-state index in [1.165, 1.54) is 11.3 Å². The monoisotopic (exact) mass is 322 g/mol.